The first kappa shape index (κ1) is 16.6. The lowest BCUT2D eigenvalue weighted by Gasteiger charge is -2.29. The number of rotatable bonds is 2. The normalized spacial score (nSPS) is 18.7. The molecule has 0 aromatic heterocycles. The van der Waals surface area contributed by atoms with Gasteiger partial charge in [0.1, 0.15) is 0 Å². The molecule has 0 bridgehead atoms. The van der Waals surface area contributed by atoms with Crippen molar-refractivity contribution >= 4 is 17.7 Å². The van der Waals surface area contributed by atoms with Gasteiger partial charge in [0.25, 0.3) is 17.7 Å². The minimum absolute atomic E-state index is 0.149. The van der Waals surface area contributed by atoms with Crippen LogP contribution in [0.25, 0.3) is 0 Å². The fraction of sp³-hybridized carbons (Fsp3) is 0.500. The van der Waals surface area contributed by atoms with Crippen molar-refractivity contribution in [2.24, 2.45) is 0 Å². The summed E-state index contributed by atoms with van der Waals surface area (Å²) in [5.74, 6) is -0.828. The molecule has 1 aromatic rings. The van der Waals surface area contributed by atoms with Crippen LogP contribution in [-0.4, -0.2) is 47.3 Å². The second kappa shape index (κ2) is 6.02. The monoisotopic (exact) mass is 329 g/mol. The number of hydrogen-bond donors (Lipinski definition) is 2. The Hall–Kier alpha value is -2.21. The first-order valence-electron chi connectivity index (χ1n) is 8.33. The molecule has 0 radical (unpaired) electrons. The molecule has 0 atom stereocenters. The van der Waals surface area contributed by atoms with E-state index >= 15 is 0 Å². The number of hydrogen-bond acceptors (Lipinski definition) is 4. The van der Waals surface area contributed by atoms with Crippen LogP contribution in [0.15, 0.2) is 18.2 Å². The van der Waals surface area contributed by atoms with Crippen LogP contribution in [0.5, 0.6) is 0 Å². The minimum atomic E-state index is -0.593. The van der Waals surface area contributed by atoms with Crippen LogP contribution < -0.4 is 10.6 Å². The number of amides is 3. The molecule has 3 amide bonds. The Bertz CT molecular complexity index is 700. The summed E-state index contributed by atoms with van der Waals surface area (Å²) < 4.78 is 0. The molecule has 24 heavy (non-hydrogen) atoms. The highest BCUT2D eigenvalue weighted by Crippen LogP contribution is 2.29. The highest BCUT2D eigenvalue weighted by molar-refractivity contribution is 6.22. The zero-order chi connectivity index (χ0) is 17.5. The van der Waals surface area contributed by atoms with Crippen molar-refractivity contribution in [1.82, 2.24) is 15.5 Å². The Morgan fingerprint density at radius 1 is 1.12 bits per heavy atom. The van der Waals surface area contributed by atoms with Gasteiger partial charge in [-0.15, -0.1) is 0 Å². The predicted octanol–water partition coefficient (Wildman–Crippen LogP) is 1.56. The standard InChI is InChI=1S/C18H23N3O3/c1-18(2,3)21-16(23)13-5-4-11(10-14(13)17(21)24)15(22)20-12-6-8-19-9-7-12/h4-5,10,12,19H,6-9H2,1-3H3,(H,20,22). The summed E-state index contributed by atoms with van der Waals surface area (Å²) in [7, 11) is 0. The smallest absolute Gasteiger partial charge is 0.262 e. The van der Waals surface area contributed by atoms with Crippen LogP contribution in [0.4, 0.5) is 0 Å². The topological polar surface area (TPSA) is 78.5 Å². The number of carbonyl (C=O) groups is 3. The van der Waals surface area contributed by atoms with Crippen molar-refractivity contribution in [3.05, 3.63) is 34.9 Å². The molecule has 1 aromatic carbocycles. The third kappa shape index (κ3) is 2.94. The van der Waals surface area contributed by atoms with Crippen LogP contribution in [0.1, 0.15) is 64.7 Å². The summed E-state index contributed by atoms with van der Waals surface area (Å²) in [6, 6.07) is 4.89. The molecular weight excluding hydrogens is 306 g/mol. The number of fused-ring (bicyclic) bond motifs is 1. The van der Waals surface area contributed by atoms with Crippen molar-refractivity contribution < 1.29 is 14.4 Å². The van der Waals surface area contributed by atoms with Crippen molar-refractivity contribution in [3.63, 3.8) is 0 Å². The molecule has 6 nitrogen and oxygen atoms in total. The zero-order valence-corrected chi connectivity index (χ0v) is 14.3. The molecule has 0 unspecified atom stereocenters. The van der Waals surface area contributed by atoms with E-state index in [0.29, 0.717) is 16.7 Å². The number of benzene rings is 1. The van der Waals surface area contributed by atoms with Crippen LogP contribution in [0.2, 0.25) is 0 Å². The quantitative estimate of drug-likeness (QED) is 0.807. The van der Waals surface area contributed by atoms with Crippen molar-refractivity contribution in [2.45, 2.75) is 45.2 Å². The van der Waals surface area contributed by atoms with Crippen molar-refractivity contribution in [1.29, 1.82) is 0 Å². The predicted molar refractivity (Wildman–Crippen MR) is 90.1 cm³/mol. The molecule has 2 aliphatic heterocycles. The van der Waals surface area contributed by atoms with E-state index in [1.807, 2.05) is 20.8 Å². The highest BCUT2D eigenvalue weighted by atomic mass is 16.2. The Kier molecular flexibility index (Phi) is 4.17. The SMILES string of the molecule is CC(C)(C)N1C(=O)c2ccc(C(=O)NC3CCNCC3)cc2C1=O. The highest BCUT2D eigenvalue weighted by Gasteiger charge is 2.42. The molecular formula is C18H23N3O3. The van der Waals surface area contributed by atoms with Gasteiger partial charge in [-0.2, -0.15) is 0 Å². The van der Waals surface area contributed by atoms with Gasteiger partial charge in [-0.1, -0.05) is 0 Å². The van der Waals surface area contributed by atoms with E-state index in [9.17, 15) is 14.4 Å². The minimum Gasteiger partial charge on any atom is -0.349 e. The van der Waals surface area contributed by atoms with E-state index in [0.717, 1.165) is 25.9 Å². The van der Waals surface area contributed by atoms with E-state index < -0.39 is 5.54 Å². The Balaban J connectivity index is 1.83. The number of carbonyl (C=O) groups excluding carboxylic acids is 3. The third-order valence-corrected chi connectivity index (χ3v) is 4.49. The second-order valence-electron chi connectivity index (χ2n) is 7.37. The first-order valence-corrected chi connectivity index (χ1v) is 8.33. The number of nitrogens with one attached hydrogen (secondary N) is 2. The average Bonchev–Trinajstić information content (AvgIpc) is 2.79. The lowest BCUT2D eigenvalue weighted by atomic mass is 10.0. The van der Waals surface area contributed by atoms with Crippen LogP contribution in [0, 0.1) is 0 Å². The van der Waals surface area contributed by atoms with Crippen molar-refractivity contribution in [2.75, 3.05) is 13.1 Å². The third-order valence-electron chi connectivity index (χ3n) is 4.49. The molecule has 2 heterocycles. The first-order chi connectivity index (χ1) is 11.3. The fourth-order valence-corrected chi connectivity index (χ4v) is 3.23. The summed E-state index contributed by atoms with van der Waals surface area (Å²) in [5, 5.41) is 6.26. The largest absolute Gasteiger partial charge is 0.349 e. The van der Waals surface area contributed by atoms with Crippen molar-refractivity contribution in [3.8, 4) is 0 Å². The Morgan fingerprint density at radius 2 is 1.75 bits per heavy atom. The summed E-state index contributed by atoms with van der Waals surface area (Å²) in [5.41, 5.74) is 0.510. The molecule has 0 spiro atoms. The molecule has 0 aliphatic carbocycles. The van der Waals surface area contributed by atoms with Crippen LogP contribution in [-0.2, 0) is 0 Å². The van der Waals surface area contributed by atoms with Gasteiger partial charge in [-0.05, 0) is 64.9 Å². The molecule has 1 saturated heterocycles. The molecule has 128 valence electrons. The van der Waals surface area contributed by atoms with E-state index in [4.69, 9.17) is 0 Å². The summed E-state index contributed by atoms with van der Waals surface area (Å²) in [6.45, 7) is 7.24. The lowest BCUT2D eigenvalue weighted by Crippen LogP contribution is -2.45. The van der Waals surface area contributed by atoms with Crippen LogP contribution >= 0.6 is 0 Å². The molecule has 0 saturated carbocycles. The Labute approximate surface area is 141 Å². The lowest BCUT2D eigenvalue weighted by molar-refractivity contribution is 0.0507. The van der Waals surface area contributed by atoms with Gasteiger partial charge in [-0.3, -0.25) is 19.3 Å². The number of piperidine rings is 1. The number of nitrogens with zero attached hydrogens (tertiary/aromatic N) is 1. The van der Waals surface area contributed by atoms with Gasteiger partial charge >= 0.3 is 0 Å². The average molecular weight is 329 g/mol. The van der Waals surface area contributed by atoms with E-state index in [-0.39, 0.29) is 23.8 Å². The second-order valence-corrected chi connectivity index (χ2v) is 7.37. The van der Waals surface area contributed by atoms with Gasteiger partial charge in [-0.25, -0.2) is 0 Å². The van der Waals surface area contributed by atoms with Gasteiger partial charge in [0.2, 0.25) is 0 Å². The van der Waals surface area contributed by atoms with E-state index in [2.05, 4.69) is 10.6 Å². The van der Waals surface area contributed by atoms with Gasteiger partial charge in [0.05, 0.1) is 11.1 Å². The van der Waals surface area contributed by atoms with Gasteiger partial charge in [0.15, 0.2) is 0 Å². The maximum Gasteiger partial charge on any atom is 0.262 e. The molecule has 2 aliphatic rings. The molecule has 2 N–H and O–H groups in total. The van der Waals surface area contributed by atoms with Gasteiger partial charge in [0, 0.05) is 17.1 Å². The maximum absolute atomic E-state index is 12.6. The molecule has 3 rings (SSSR count). The number of imide groups is 1. The van der Waals surface area contributed by atoms with E-state index in [1.54, 1.807) is 12.1 Å². The molecule has 1 fully saturated rings. The van der Waals surface area contributed by atoms with E-state index in [1.165, 1.54) is 11.0 Å². The summed E-state index contributed by atoms with van der Waals surface area (Å²) in [6.07, 6.45) is 1.79. The fourth-order valence-electron chi connectivity index (χ4n) is 3.23. The summed E-state index contributed by atoms with van der Waals surface area (Å²) in [4.78, 5) is 38.7. The summed E-state index contributed by atoms with van der Waals surface area (Å²) >= 11 is 0. The van der Waals surface area contributed by atoms with Gasteiger partial charge < -0.3 is 10.6 Å². The van der Waals surface area contributed by atoms with Crippen LogP contribution in [0.3, 0.4) is 0 Å². The molecule has 6 heteroatoms. The maximum atomic E-state index is 12.6. The zero-order valence-electron chi connectivity index (χ0n) is 14.3. The Morgan fingerprint density at radius 3 is 2.38 bits per heavy atom.